The average Bonchev–Trinajstić information content (AvgIpc) is 2.78. The summed E-state index contributed by atoms with van der Waals surface area (Å²) in [5.41, 5.74) is 2.60. The molecule has 8 heteroatoms. The van der Waals surface area contributed by atoms with Crippen molar-refractivity contribution >= 4 is 46.4 Å². The molecule has 0 saturated heterocycles. The van der Waals surface area contributed by atoms with Gasteiger partial charge in [0.2, 0.25) is 0 Å². The maximum atomic E-state index is 12.6. The summed E-state index contributed by atoms with van der Waals surface area (Å²) in [5, 5.41) is 3.48. The minimum Gasteiger partial charge on any atom is -0.492 e. The molecule has 4 rings (SSSR count). The number of halogens is 2. The van der Waals surface area contributed by atoms with Crippen LogP contribution in [0, 0.1) is 6.92 Å². The van der Waals surface area contributed by atoms with Gasteiger partial charge in [-0.25, -0.2) is 0 Å². The molecule has 2 amide bonds. The maximum absolute atomic E-state index is 12.6. The topological polar surface area (TPSA) is 67.9 Å². The molecule has 3 aromatic rings. The molecule has 164 valence electrons. The lowest BCUT2D eigenvalue weighted by Gasteiger charge is -2.29. The Morgan fingerprint density at radius 1 is 1.06 bits per heavy atom. The molecule has 0 unspecified atom stereocenters. The normalized spacial score (nSPS) is 12.7. The predicted octanol–water partition coefficient (Wildman–Crippen LogP) is 5.36. The molecule has 1 aliphatic heterocycles. The number of anilines is 2. The van der Waals surface area contributed by atoms with Crippen molar-refractivity contribution in [1.82, 2.24) is 0 Å². The van der Waals surface area contributed by atoms with Crippen molar-refractivity contribution in [2.45, 2.75) is 6.92 Å². The highest BCUT2D eigenvalue weighted by Crippen LogP contribution is 2.35. The number of rotatable bonds is 6. The number of hydrogen-bond donors (Lipinski definition) is 1. The first-order valence-corrected chi connectivity index (χ1v) is 10.7. The van der Waals surface area contributed by atoms with Gasteiger partial charge in [-0.2, -0.15) is 0 Å². The van der Waals surface area contributed by atoms with Crippen LogP contribution in [0.1, 0.15) is 15.9 Å². The molecule has 0 saturated carbocycles. The molecule has 1 N–H and O–H groups in total. The summed E-state index contributed by atoms with van der Waals surface area (Å²) in [6.45, 7) is 2.61. The highest BCUT2D eigenvalue weighted by molar-refractivity contribution is 6.42. The van der Waals surface area contributed by atoms with E-state index < -0.39 is 0 Å². The van der Waals surface area contributed by atoms with Crippen molar-refractivity contribution in [3.8, 4) is 11.5 Å². The van der Waals surface area contributed by atoms with Gasteiger partial charge in [0.1, 0.15) is 18.1 Å². The number of nitrogens with one attached hydrogen (secondary N) is 1. The van der Waals surface area contributed by atoms with Crippen molar-refractivity contribution in [2.75, 3.05) is 30.0 Å². The highest BCUT2D eigenvalue weighted by atomic mass is 35.5. The second-order valence-corrected chi connectivity index (χ2v) is 8.08. The minimum atomic E-state index is -0.346. The predicted molar refractivity (Wildman–Crippen MR) is 125 cm³/mol. The van der Waals surface area contributed by atoms with Gasteiger partial charge in [0.05, 0.1) is 22.3 Å². The lowest BCUT2D eigenvalue weighted by atomic mass is 10.1. The minimum absolute atomic E-state index is 0.0491. The molecule has 0 atom stereocenters. The van der Waals surface area contributed by atoms with Crippen LogP contribution < -0.4 is 19.7 Å². The Morgan fingerprint density at radius 3 is 2.59 bits per heavy atom. The highest BCUT2D eigenvalue weighted by Gasteiger charge is 2.26. The van der Waals surface area contributed by atoms with Crippen LogP contribution >= 0.6 is 23.2 Å². The van der Waals surface area contributed by atoms with Gasteiger partial charge in [0.15, 0.2) is 6.61 Å². The van der Waals surface area contributed by atoms with Crippen LogP contribution in [0.15, 0.2) is 60.7 Å². The third-order valence-electron chi connectivity index (χ3n) is 4.95. The lowest BCUT2D eigenvalue weighted by molar-refractivity contribution is -0.121. The van der Waals surface area contributed by atoms with Crippen molar-refractivity contribution < 1.29 is 19.1 Å². The Morgan fingerprint density at radius 2 is 1.84 bits per heavy atom. The van der Waals surface area contributed by atoms with Crippen LogP contribution in [0.3, 0.4) is 0 Å². The van der Waals surface area contributed by atoms with Crippen LogP contribution in [-0.2, 0) is 4.79 Å². The molecule has 0 bridgehead atoms. The standard InChI is InChI=1S/C24H20Cl2N2O4/c1-15-2-6-18(7-3-15)31-11-10-28-21-13-17(5-9-22(21)32-14-23(28)29)27-24(30)16-4-8-19(25)20(26)12-16/h2-9,12-13H,10-11,14H2,1H3,(H,27,30). The van der Waals surface area contributed by atoms with Crippen molar-refractivity contribution in [2.24, 2.45) is 0 Å². The van der Waals surface area contributed by atoms with Gasteiger partial charge in [0, 0.05) is 11.3 Å². The SMILES string of the molecule is Cc1ccc(OCCN2C(=O)COc3ccc(NC(=O)c4ccc(Cl)c(Cl)c4)cc32)cc1. The Bertz CT molecular complexity index is 1170. The third-order valence-corrected chi connectivity index (χ3v) is 5.69. The first kappa shape index (κ1) is 22.0. The molecule has 0 radical (unpaired) electrons. The van der Waals surface area contributed by atoms with Gasteiger partial charge in [-0.3, -0.25) is 9.59 Å². The number of fused-ring (bicyclic) bond motifs is 1. The fraction of sp³-hybridized carbons (Fsp3) is 0.167. The van der Waals surface area contributed by atoms with Crippen LogP contribution in [0.5, 0.6) is 11.5 Å². The van der Waals surface area contributed by atoms with E-state index in [1.54, 1.807) is 35.2 Å². The third kappa shape index (κ3) is 4.98. The number of nitrogens with zero attached hydrogens (tertiary/aromatic N) is 1. The van der Waals surface area contributed by atoms with E-state index in [4.69, 9.17) is 32.7 Å². The average molecular weight is 471 g/mol. The monoisotopic (exact) mass is 470 g/mol. The Hall–Kier alpha value is -3.22. The zero-order valence-corrected chi connectivity index (χ0v) is 18.7. The van der Waals surface area contributed by atoms with E-state index in [0.29, 0.717) is 45.9 Å². The van der Waals surface area contributed by atoms with Gasteiger partial charge in [0.25, 0.3) is 11.8 Å². The largest absolute Gasteiger partial charge is 0.492 e. The fourth-order valence-electron chi connectivity index (χ4n) is 3.25. The summed E-state index contributed by atoms with van der Waals surface area (Å²) in [6.07, 6.45) is 0. The quantitative estimate of drug-likeness (QED) is 0.526. The summed E-state index contributed by atoms with van der Waals surface area (Å²) in [6, 6.07) is 17.5. The number of carbonyl (C=O) groups excluding carboxylic acids is 2. The number of carbonyl (C=O) groups is 2. The zero-order valence-electron chi connectivity index (χ0n) is 17.2. The Kier molecular flexibility index (Phi) is 6.53. The van der Waals surface area contributed by atoms with E-state index in [9.17, 15) is 9.59 Å². The van der Waals surface area contributed by atoms with Gasteiger partial charge in [-0.1, -0.05) is 40.9 Å². The number of aryl methyl sites for hydroxylation is 1. The molecule has 3 aromatic carbocycles. The Balaban J connectivity index is 1.48. The van der Waals surface area contributed by atoms with E-state index in [-0.39, 0.29) is 18.4 Å². The molecule has 0 aromatic heterocycles. The van der Waals surface area contributed by atoms with E-state index in [1.165, 1.54) is 6.07 Å². The summed E-state index contributed by atoms with van der Waals surface area (Å²) < 4.78 is 11.3. The molecular formula is C24H20Cl2N2O4. The molecule has 1 aliphatic rings. The molecule has 6 nitrogen and oxygen atoms in total. The van der Waals surface area contributed by atoms with Gasteiger partial charge in [-0.05, 0) is 55.5 Å². The molecular weight excluding hydrogens is 451 g/mol. The first-order valence-electron chi connectivity index (χ1n) is 9.94. The molecule has 0 spiro atoms. The molecule has 1 heterocycles. The van der Waals surface area contributed by atoms with Gasteiger partial charge >= 0.3 is 0 Å². The fourth-order valence-corrected chi connectivity index (χ4v) is 3.55. The second-order valence-electron chi connectivity index (χ2n) is 7.26. The zero-order chi connectivity index (χ0) is 22.7. The van der Waals surface area contributed by atoms with Crippen LogP contribution in [-0.4, -0.2) is 31.6 Å². The second kappa shape index (κ2) is 9.51. The molecule has 0 aliphatic carbocycles. The van der Waals surface area contributed by atoms with Crippen LogP contribution in [0.25, 0.3) is 0 Å². The number of benzene rings is 3. The summed E-state index contributed by atoms with van der Waals surface area (Å²) in [5.74, 6) is 0.769. The number of hydrogen-bond acceptors (Lipinski definition) is 4. The lowest BCUT2D eigenvalue weighted by Crippen LogP contribution is -2.41. The van der Waals surface area contributed by atoms with E-state index in [2.05, 4.69) is 5.32 Å². The smallest absolute Gasteiger partial charge is 0.265 e. The Labute approximate surface area is 195 Å². The summed E-state index contributed by atoms with van der Waals surface area (Å²) in [4.78, 5) is 26.7. The number of ether oxygens (including phenoxy) is 2. The summed E-state index contributed by atoms with van der Waals surface area (Å²) in [7, 11) is 0. The van der Waals surface area contributed by atoms with Crippen LogP contribution in [0.4, 0.5) is 11.4 Å². The first-order chi connectivity index (χ1) is 15.4. The van der Waals surface area contributed by atoms with Gasteiger partial charge in [-0.15, -0.1) is 0 Å². The number of amides is 2. The maximum Gasteiger partial charge on any atom is 0.265 e. The van der Waals surface area contributed by atoms with E-state index in [0.717, 1.165) is 11.3 Å². The van der Waals surface area contributed by atoms with Crippen molar-refractivity contribution in [3.63, 3.8) is 0 Å². The van der Waals surface area contributed by atoms with Gasteiger partial charge < -0.3 is 19.7 Å². The molecule has 0 fully saturated rings. The molecule has 32 heavy (non-hydrogen) atoms. The van der Waals surface area contributed by atoms with Crippen LogP contribution in [0.2, 0.25) is 10.0 Å². The van der Waals surface area contributed by atoms with Crippen molar-refractivity contribution in [1.29, 1.82) is 0 Å². The van der Waals surface area contributed by atoms with E-state index >= 15 is 0 Å². The van der Waals surface area contributed by atoms with E-state index in [1.807, 2.05) is 31.2 Å². The summed E-state index contributed by atoms with van der Waals surface area (Å²) >= 11 is 11.9. The van der Waals surface area contributed by atoms with Crippen molar-refractivity contribution in [3.05, 3.63) is 81.8 Å².